The summed E-state index contributed by atoms with van der Waals surface area (Å²) in [5.74, 6) is 0. The van der Waals surface area contributed by atoms with E-state index in [0.717, 1.165) is 23.7 Å². The first-order valence-corrected chi connectivity index (χ1v) is 10.1. The van der Waals surface area contributed by atoms with Crippen molar-refractivity contribution < 1.29 is 9.59 Å². The molecule has 0 fully saturated rings. The first-order chi connectivity index (χ1) is 12.0. The van der Waals surface area contributed by atoms with Crippen LogP contribution in [0.3, 0.4) is 0 Å². The van der Waals surface area contributed by atoms with Gasteiger partial charge in [0.15, 0.2) is 0 Å². The number of carbonyl (C=O) groups is 2. The van der Waals surface area contributed by atoms with Gasteiger partial charge in [0, 0.05) is 0 Å². The predicted octanol–water partition coefficient (Wildman–Crippen LogP) is 4.81. The van der Waals surface area contributed by atoms with Crippen LogP contribution in [0.15, 0.2) is 60.7 Å². The number of thioether (sulfide) groups is 2. The van der Waals surface area contributed by atoms with E-state index in [-0.39, 0.29) is 14.6 Å². The van der Waals surface area contributed by atoms with Crippen molar-refractivity contribution in [1.82, 2.24) is 0 Å². The lowest BCUT2D eigenvalue weighted by atomic mass is 10.1. The summed E-state index contributed by atoms with van der Waals surface area (Å²) in [4.78, 5) is 23.1. The molecule has 0 bridgehead atoms. The molecule has 0 heterocycles. The molecule has 0 aliphatic carbocycles. The van der Waals surface area contributed by atoms with Crippen LogP contribution < -0.4 is 0 Å². The van der Waals surface area contributed by atoms with Gasteiger partial charge < -0.3 is 9.59 Å². The fraction of sp³-hybridized carbons (Fsp3) is 0.333. The van der Waals surface area contributed by atoms with Gasteiger partial charge in [-0.05, 0) is 37.8 Å². The largest absolute Gasteiger partial charge is 0.302 e. The van der Waals surface area contributed by atoms with Gasteiger partial charge in [-0.2, -0.15) is 0 Å². The monoisotopic (exact) mass is 372 g/mol. The van der Waals surface area contributed by atoms with Crippen molar-refractivity contribution in [3.8, 4) is 0 Å². The molecular weight excluding hydrogens is 348 g/mol. The molecule has 132 valence electrons. The quantitative estimate of drug-likeness (QED) is 0.443. The molecule has 0 saturated heterocycles. The van der Waals surface area contributed by atoms with E-state index >= 15 is 0 Å². The molecule has 2 aromatic carbocycles. The SMILES string of the molecule is CC(C)(SC(C=O)Cc1ccccc1)SC(C=O)Cc1ccccc1. The van der Waals surface area contributed by atoms with Gasteiger partial charge in [-0.3, -0.25) is 0 Å². The molecule has 0 amide bonds. The first-order valence-electron chi connectivity index (χ1n) is 8.36. The summed E-state index contributed by atoms with van der Waals surface area (Å²) in [6.45, 7) is 4.18. The van der Waals surface area contributed by atoms with E-state index < -0.39 is 0 Å². The molecule has 0 spiro atoms. The molecule has 2 unspecified atom stereocenters. The van der Waals surface area contributed by atoms with Gasteiger partial charge in [0.05, 0.1) is 14.6 Å². The standard InChI is InChI=1S/C21H24O2S2/c1-21(2,24-19(15-22)13-17-9-5-3-6-10-17)25-20(16-23)14-18-11-7-4-8-12-18/h3-12,15-16,19-20H,13-14H2,1-2H3. The highest BCUT2D eigenvalue weighted by Crippen LogP contribution is 2.42. The highest BCUT2D eigenvalue weighted by molar-refractivity contribution is 8.19. The van der Waals surface area contributed by atoms with Crippen molar-refractivity contribution in [2.24, 2.45) is 0 Å². The molecule has 0 saturated carbocycles. The van der Waals surface area contributed by atoms with Crippen molar-refractivity contribution in [2.45, 2.75) is 41.3 Å². The highest BCUT2D eigenvalue weighted by atomic mass is 32.2. The van der Waals surface area contributed by atoms with Gasteiger partial charge in [-0.25, -0.2) is 0 Å². The molecule has 0 aromatic heterocycles. The third kappa shape index (κ3) is 7.09. The van der Waals surface area contributed by atoms with E-state index in [9.17, 15) is 9.59 Å². The fourth-order valence-electron chi connectivity index (χ4n) is 2.68. The minimum absolute atomic E-state index is 0.117. The van der Waals surface area contributed by atoms with Gasteiger partial charge in [0.1, 0.15) is 12.6 Å². The van der Waals surface area contributed by atoms with Crippen LogP contribution >= 0.6 is 23.5 Å². The van der Waals surface area contributed by atoms with Crippen molar-refractivity contribution in [2.75, 3.05) is 0 Å². The molecule has 2 atom stereocenters. The summed E-state index contributed by atoms with van der Waals surface area (Å²) in [7, 11) is 0. The van der Waals surface area contributed by atoms with Crippen LogP contribution in [0.5, 0.6) is 0 Å². The number of benzene rings is 2. The molecule has 0 aliphatic rings. The van der Waals surface area contributed by atoms with Crippen LogP contribution in [-0.2, 0) is 22.4 Å². The predicted molar refractivity (Wildman–Crippen MR) is 109 cm³/mol. The average molecular weight is 373 g/mol. The van der Waals surface area contributed by atoms with Crippen LogP contribution in [0.25, 0.3) is 0 Å². The van der Waals surface area contributed by atoms with Crippen LogP contribution in [0.1, 0.15) is 25.0 Å². The Morgan fingerprint density at radius 3 is 1.44 bits per heavy atom. The van der Waals surface area contributed by atoms with Crippen molar-refractivity contribution in [3.05, 3.63) is 71.8 Å². The zero-order valence-electron chi connectivity index (χ0n) is 14.6. The summed E-state index contributed by atoms with van der Waals surface area (Å²) >= 11 is 3.26. The van der Waals surface area contributed by atoms with Crippen LogP contribution in [0, 0.1) is 0 Å². The average Bonchev–Trinajstić information content (AvgIpc) is 2.62. The highest BCUT2D eigenvalue weighted by Gasteiger charge is 2.28. The minimum atomic E-state index is -0.222. The molecule has 25 heavy (non-hydrogen) atoms. The summed E-state index contributed by atoms with van der Waals surface area (Å²) in [5, 5.41) is -0.233. The molecule has 0 aliphatic heterocycles. The molecule has 0 radical (unpaired) electrons. The normalized spacial score (nSPS) is 13.8. The van der Waals surface area contributed by atoms with E-state index in [1.54, 1.807) is 23.5 Å². The van der Waals surface area contributed by atoms with Gasteiger partial charge in [-0.15, -0.1) is 23.5 Å². The lowest BCUT2D eigenvalue weighted by Crippen LogP contribution is -2.24. The number of rotatable bonds is 10. The van der Waals surface area contributed by atoms with Gasteiger partial charge in [-0.1, -0.05) is 60.7 Å². The summed E-state index contributed by atoms with van der Waals surface area (Å²) in [6, 6.07) is 20.1. The van der Waals surface area contributed by atoms with Crippen molar-refractivity contribution >= 4 is 36.1 Å². The lowest BCUT2D eigenvalue weighted by molar-refractivity contribution is -0.108. The van der Waals surface area contributed by atoms with Crippen LogP contribution in [0.2, 0.25) is 0 Å². The smallest absolute Gasteiger partial charge is 0.133 e. The zero-order valence-corrected chi connectivity index (χ0v) is 16.3. The minimum Gasteiger partial charge on any atom is -0.302 e. The Labute approximate surface area is 158 Å². The van der Waals surface area contributed by atoms with Crippen LogP contribution in [0.4, 0.5) is 0 Å². The van der Waals surface area contributed by atoms with Crippen LogP contribution in [-0.4, -0.2) is 27.2 Å². The Hall–Kier alpha value is -1.52. The van der Waals surface area contributed by atoms with Crippen molar-refractivity contribution in [3.63, 3.8) is 0 Å². The maximum Gasteiger partial charge on any atom is 0.133 e. The summed E-state index contributed by atoms with van der Waals surface area (Å²) in [5.41, 5.74) is 2.31. The Morgan fingerprint density at radius 2 is 1.12 bits per heavy atom. The second-order valence-corrected chi connectivity index (χ2v) is 10.3. The molecule has 2 rings (SSSR count). The van der Waals surface area contributed by atoms with Gasteiger partial charge >= 0.3 is 0 Å². The summed E-state index contributed by atoms with van der Waals surface area (Å²) < 4.78 is -0.222. The maximum absolute atomic E-state index is 11.5. The third-order valence-electron chi connectivity index (χ3n) is 3.73. The summed E-state index contributed by atoms with van der Waals surface area (Å²) in [6.07, 6.45) is 3.47. The van der Waals surface area contributed by atoms with E-state index in [4.69, 9.17) is 0 Å². The second-order valence-electron chi connectivity index (χ2n) is 6.36. The molecule has 2 nitrogen and oxygen atoms in total. The lowest BCUT2D eigenvalue weighted by Gasteiger charge is -2.29. The zero-order chi connectivity index (χ0) is 18.1. The molecular formula is C21H24O2S2. The number of carbonyl (C=O) groups excluding carboxylic acids is 2. The van der Waals surface area contributed by atoms with Gasteiger partial charge in [0.2, 0.25) is 0 Å². The topological polar surface area (TPSA) is 34.1 Å². The third-order valence-corrected chi connectivity index (χ3v) is 6.61. The molecule has 2 aromatic rings. The Balaban J connectivity index is 1.95. The van der Waals surface area contributed by atoms with Gasteiger partial charge in [0.25, 0.3) is 0 Å². The van der Waals surface area contributed by atoms with Crippen molar-refractivity contribution in [1.29, 1.82) is 0 Å². The Bertz CT molecular complexity index is 599. The number of aldehydes is 2. The fourth-order valence-corrected chi connectivity index (χ4v) is 5.77. The maximum atomic E-state index is 11.5. The Kier molecular flexibility index (Phi) is 7.79. The Morgan fingerprint density at radius 1 is 0.760 bits per heavy atom. The second kappa shape index (κ2) is 9.83. The van der Waals surface area contributed by atoms with E-state index in [0.29, 0.717) is 12.8 Å². The first kappa shape index (κ1) is 19.8. The van der Waals surface area contributed by atoms with E-state index in [1.807, 2.05) is 60.7 Å². The molecule has 4 heteroatoms. The molecule has 0 N–H and O–H groups in total. The van der Waals surface area contributed by atoms with E-state index in [2.05, 4.69) is 13.8 Å². The number of hydrogen-bond acceptors (Lipinski definition) is 4. The van der Waals surface area contributed by atoms with E-state index in [1.165, 1.54) is 0 Å². The number of hydrogen-bond donors (Lipinski definition) is 0.